The van der Waals surface area contributed by atoms with E-state index in [0.29, 0.717) is 11.8 Å². The molecule has 2 unspecified atom stereocenters. The predicted molar refractivity (Wildman–Crippen MR) is 70.7 cm³/mol. The lowest BCUT2D eigenvalue weighted by atomic mass is 10.2. The van der Waals surface area contributed by atoms with Crippen molar-refractivity contribution in [2.24, 2.45) is 5.84 Å². The van der Waals surface area contributed by atoms with Crippen molar-refractivity contribution in [3.8, 4) is 0 Å². The summed E-state index contributed by atoms with van der Waals surface area (Å²) < 4.78 is 27.1. The SMILES string of the molecule is CC1SCCN(c2nc(NN)c(F)cc2F)C1C. The molecule has 1 fully saturated rings. The van der Waals surface area contributed by atoms with Gasteiger partial charge in [-0.15, -0.1) is 0 Å². The van der Waals surface area contributed by atoms with E-state index in [4.69, 9.17) is 5.84 Å². The van der Waals surface area contributed by atoms with E-state index in [1.807, 2.05) is 23.6 Å². The van der Waals surface area contributed by atoms with Crippen molar-refractivity contribution in [1.29, 1.82) is 0 Å². The standard InChI is InChI=1S/C11H16F2N4S/c1-6-7(2)18-4-3-17(6)11-9(13)5-8(12)10(15-11)16-14/h5-7H,3-4,14H2,1-2H3,(H,15,16). The largest absolute Gasteiger partial charge is 0.349 e. The topological polar surface area (TPSA) is 54.2 Å². The van der Waals surface area contributed by atoms with Crippen LogP contribution in [0.1, 0.15) is 13.8 Å². The van der Waals surface area contributed by atoms with Gasteiger partial charge < -0.3 is 10.3 Å². The lowest BCUT2D eigenvalue weighted by molar-refractivity contribution is 0.551. The van der Waals surface area contributed by atoms with E-state index in [2.05, 4.69) is 17.3 Å². The van der Waals surface area contributed by atoms with Gasteiger partial charge in [0.25, 0.3) is 0 Å². The zero-order chi connectivity index (χ0) is 13.3. The van der Waals surface area contributed by atoms with Crippen LogP contribution in [0.25, 0.3) is 0 Å². The zero-order valence-electron chi connectivity index (χ0n) is 10.3. The van der Waals surface area contributed by atoms with Gasteiger partial charge in [-0.25, -0.2) is 19.6 Å². The van der Waals surface area contributed by atoms with Crippen molar-refractivity contribution in [2.45, 2.75) is 25.1 Å². The number of hydrogen-bond donors (Lipinski definition) is 2. The number of anilines is 2. The van der Waals surface area contributed by atoms with Gasteiger partial charge in [0, 0.05) is 29.7 Å². The van der Waals surface area contributed by atoms with Gasteiger partial charge in [-0.3, -0.25) is 0 Å². The lowest BCUT2D eigenvalue weighted by Gasteiger charge is -2.38. The smallest absolute Gasteiger partial charge is 0.178 e. The second-order valence-electron chi connectivity index (χ2n) is 4.28. The second-order valence-corrected chi connectivity index (χ2v) is 5.76. The first-order chi connectivity index (χ1) is 8.54. The molecule has 1 aliphatic rings. The maximum Gasteiger partial charge on any atom is 0.178 e. The number of rotatable bonds is 2. The first-order valence-corrected chi connectivity index (χ1v) is 6.80. The highest BCUT2D eigenvalue weighted by Gasteiger charge is 2.28. The second kappa shape index (κ2) is 5.27. The minimum atomic E-state index is -0.786. The minimum absolute atomic E-state index is 0.135. The summed E-state index contributed by atoms with van der Waals surface area (Å²) in [5.41, 5.74) is 2.14. The van der Waals surface area contributed by atoms with Gasteiger partial charge in [-0.1, -0.05) is 6.92 Å². The summed E-state index contributed by atoms with van der Waals surface area (Å²) in [7, 11) is 0. The molecule has 1 aliphatic heterocycles. The van der Waals surface area contributed by atoms with Gasteiger partial charge in [0.1, 0.15) is 0 Å². The molecular weight excluding hydrogens is 258 g/mol. The first-order valence-electron chi connectivity index (χ1n) is 5.75. The highest BCUT2D eigenvalue weighted by molar-refractivity contribution is 8.00. The van der Waals surface area contributed by atoms with E-state index >= 15 is 0 Å². The zero-order valence-corrected chi connectivity index (χ0v) is 11.1. The molecule has 0 spiro atoms. The molecule has 0 saturated carbocycles. The van der Waals surface area contributed by atoms with Gasteiger partial charge in [-0.05, 0) is 6.92 Å². The van der Waals surface area contributed by atoms with E-state index in [0.717, 1.165) is 11.8 Å². The van der Waals surface area contributed by atoms with Crippen LogP contribution in [-0.4, -0.2) is 28.6 Å². The molecule has 2 atom stereocenters. The maximum absolute atomic E-state index is 13.8. The molecule has 2 heterocycles. The van der Waals surface area contributed by atoms with Crippen molar-refractivity contribution in [3.63, 3.8) is 0 Å². The van der Waals surface area contributed by atoms with E-state index in [1.165, 1.54) is 0 Å². The lowest BCUT2D eigenvalue weighted by Crippen LogP contribution is -2.45. The van der Waals surface area contributed by atoms with Crippen LogP contribution >= 0.6 is 11.8 Å². The molecule has 0 amide bonds. The Labute approximate surface area is 109 Å². The number of thioether (sulfide) groups is 1. The van der Waals surface area contributed by atoms with Crippen molar-refractivity contribution in [3.05, 3.63) is 17.7 Å². The van der Waals surface area contributed by atoms with Gasteiger partial charge in [0.05, 0.1) is 0 Å². The number of hydrogen-bond acceptors (Lipinski definition) is 5. The van der Waals surface area contributed by atoms with Crippen LogP contribution in [0.4, 0.5) is 20.4 Å². The van der Waals surface area contributed by atoms with E-state index in [1.54, 1.807) is 0 Å². The van der Waals surface area contributed by atoms with Gasteiger partial charge in [0.2, 0.25) is 0 Å². The molecule has 100 valence electrons. The predicted octanol–water partition coefficient (Wildman–Crippen LogP) is 1.98. The van der Waals surface area contributed by atoms with Crippen LogP contribution in [0, 0.1) is 11.6 Å². The van der Waals surface area contributed by atoms with Gasteiger partial charge in [0.15, 0.2) is 23.3 Å². The Bertz CT molecular complexity index is 443. The fourth-order valence-electron chi connectivity index (χ4n) is 1.99. The Morgan fingerprint density at radius 1 is 1.44 bits per heavy atom. The average molecular weight is 274 g/mol. The first kappa shape index (κ1) is 13.4. The normalized spacial score (nSPS) is 24.2. The van der Waals surface area contributed by atoms with Gasteiger partial charge in [-0.2, -0.15) is 11.8 Å². The highest BCUT2D eigenvalue weighted by atomic mass is 32.2. The molecule has 0 radical (unpaired) electrons. The molecular formula is C11H16F2N4S. The summed E-state index contributed by atoms with van der Waals surface area (Å²) in [6.45, 7) is 4.79. The molecule has 4 nitrogen and oxygen atoms in total. The Hall–Kier alpha value is -1.08. The third-order valence-electron chi connectivity index (χ3n) is 3.20. The summed E-state index contributed by atoms with van der Waals surface area (Å²) in [5.74, 6) is 4.64. The fourth-order valence-corrected chi connectivity index (χ4v) is 3.09. The monoisotopic (exact) mass is 274 g/mol. The molecule has 1 saturated heterocycles. The van der Waals surface area contributed by atoms with Crippen LogP contribution in [0.15, 0.2) is 6.07 Å². The quantitative estimate of drug-likeness (QED) is 0.638. The number of hydrazine groups is 1. The summed E-state index contributed by atoms with van der Waals surface area (Å²) in [4.78, 5) is 5.79. The van der Waals surface area contributed by atoms with Crippen LogP contribution in [0.2, 0.25) is 0 Å². The van der Waals surface area contributed by atoms with Crippen LogP contribution in [0.5, 0.6) is 0 Å². The molecule has 0 aromatic carbocycles. The number of nitrogen functional groups attached to an aromatic ring is 1. The molecule has 0 aliphatic carbocycles. The van der Waals surface area contributed by atoms with Crippen LogP contribution in [-0.2, 0) is 0 Å². The molecule has 1 aromatic rings. The molecule has 3 N–H and O–H groups in total. The van der Waals surface area contributed by atoms with Crippen molar-refractivity contribution in [2.75, 3.05) is 22.6 Å². The maximum atomic E-state index is 13.8. The Morgan fingerprint density at radius 2 is 2.17 bits per heavy atom. The minimum Gasteiger partial charge on any atom is -0.349 e. The Kier molecular flexibility index (Phi) is 3.91. The number of pyridine rings is 1. The number of nitrogens with one attached hydrogen (secondary N) is 1. The third kappa shape index (κ3) is 2.37. The van der Waals surface area contributed by atoms with Crippen molar-refractivity contribution in [1.82, 2.24) is 4.98 Å². The Morgan fingerprint density at radius 3 is 2.83 bits per heavy atom. The molecule has 0 bridgehead atoms. The summed E-state index contributed by atoms with van der Waals surface area (Å²) in [5, 5.41) is 0.374. The molecule has 1 aromatic heterocycles. The van der Waals surface area contributed by atoms with Crippen molar-refractivity contribution >= 4 is 23.4 Å². The van der Waals surface area contributed by atoms with E-state index < -0.39 is 11.6 Å². The summed E-state index contributed by atoms with van der Waals surface area (Å²) in [6.07, 6.45) is 0. The number of nitrogens with zero attached hydrogens (tertiary/aromatic N) is 2. The number of nitrogens with two attached hydrogens (primary N) is 1. The third-order valence-corrected chi connectivity index (χ3v) is 4.54. The summed E-state index contributed by atoms with van der Waals surface area (Å²) in [6, 6.07) is 0.957. The highest BCUT2D eigenvalue weighted by Crippen LogP contribution is 2.30. The average Bonchev–Trinajstić information content (AvgIpc) is 2.34. The number of halogens is 2. The number of aromatic nitrogens is 1. The Balaban J connectivity index is 2.37. The molecule has 18 heavy (non-hydrogen) atoms. The van der Waals surface area contributed by atoms with Gasteiger partial charge >= 0.3 is 0 Å². The van der Waals surface area contributed by atoms with E-state index in [-0.39, 0.29) is 17.7 Å². The van der Waals surface area contributed by atoms with Crippen LogP contribution < -0.4 is 16.2 Å². The molecule has 7 heteroatoms. The summed E-state index contributed by atoms with van der Waals surface area (Å²) >= 11 is 1.84. The van der Waals surface area contributed by atoms with E-state index in [9.17, 15) is 8.78 Å². The van der Waals surface area contributed by atoms with Crippen LogP contribution in [0.3, 0.4) is 0 Å². The fraction of sp³-hybridized carbons (Fsp3) is 0.545. The molecule has 2 rings (SSSR count). The van der Waals surface area contributed by atoms with Crippen molar-refractivity contribution < 1.29 is 8.78 Å².